The molecule has 3 nitrogen and oxygen atoms in total. The van der Waals surface area contributed by atoms with Crippen molar-refractivity contribution >= 4 is 5.97 Å². The van der Waals surface area contributed by atoms with Crippen LogP contribution in [-0.2, 0) is 4.74 Å². The molecule has 3 rings (SSSR count). The Morgan fingerprint density at radius 3 is 1.92 bits per heavy atom. The minimum absolute atomic E-state index is 0.0728. The summed E-state index contributed by atoms with van der Waals surface area (Å²) in [5, 5.41) is 9.66. The van der Waals surface area contributed by atoms with Crippen LogP contribution in [0.4, 0.5) is 0 Å². The molecule has 2 aliphatic carbocycles. The molecular weight excluding hydrogens is 300 g/mol. The first kappa shape index (κ1) is 17.5. The van der Waals surface area contributed by atoms with E-state index in [1.165, 1.54) is 12.8 Å². The van der Waals surface area contributed by atoms with Crippen LogP contribution in [0.1, 0.15) is 72.9 Å². The third-order valence-corrected chi connectivity index (χ3v) is 5.86. The van der Waals surface area contributed by atoms with E-state index in [0.29, 0.717) is 5.56 Å². The molecule has 1 aromatic carbocycles. The van der Waals surface area contributed by atoms with Gasteiger partial charge in [0.15, 0.2) is 0 Å². The van der Waals surface area contributed by atoms with Gasteiger partial charge in [-0.25, -0.2) is 4.79 Å². The van der Waals surface area contributed by atoms with Crippen LogP contribution in [-0.4, -0.2) is 23.3 Å². The summed E-state index contributed by atoms with van der Waals surface area (Å²) in [7, 11) is 0. The molecule has 2 saturated carbocycles. The van der Waals surface area contributed by atoms with Crippen molar-refractivity contribution in [2.24, 2.45) is 11.8 Å². The lowest BCUT2D eigenvalue weighted by atomic mass is 9.72. The van der Waals surface area contributed by atoms with Gasteiger partial charge in [-0.05, 0) is 89.2 Å². The first-order chi connectivity index (χ1) is 11.5. The summed E-state index contributed by atoms with van der Waals surface area (Å²) in [5.41, 5.74) is 2.88. The number of aliphatic hydroxyl groups is 1. The summed E-state index contributed by atoms with van der Waals surface area (Å²) in [6.45, 7) is 4.02. The molecule has 0 saturated heterocycles. The van der Waals surface area contributed by atoms with Gasteiger partial charge in [-0.15, -0.1) is 0 Å². The Hall–Kier alpha value is -1.35. The first-order valence-corrected chi connectivity index (χ1v) is 9.48. The van der Waals surface area contributed by atoms with E-state index in [9.17, 15) is 9.90 Å². The standard InChI is InChI=1S/C21H30O3/c1-14-11-15(2)13-18(12-14)21(23)24-20-9-5-17(6-10-20)16-3-7-19(22)8-4-16/h11-13,16-17,19-20,22H,3-10H2,1-2H3. The van der Waals surface area contributed by atoms with Crippen LogP contribution in [0.3, 0.4) is 0 Å². The molecule has 1 aromatic rings. The van der Waals surface area contributed by atoms with Crippen LogP contribution in [0.5, 0.6) is 0 Å². The molecule has 0 bridgehead atoms. The van der Waals surface area contributed by atoms with Gasteiger partial charge in [0.1, 0.15) is 6.10 Å². The normalized spacial score (nSPS) is 30.8. The number of esters is 1. The van der Waals surface area contributed by atoms with E-state index < -0.39 is 0 Å². The molecule has 2 fully saturated rings. The van der Waals surface area contributed by atoms with Gasteiger partial charge in [0, 0.05) is 0 Å². The summed E-state index contributed by atoms with van der Waals surface area (Å²) in [5.74, 6) is 1.35. The van der Waals surface area contributed by atoms with Crippen LogP contribution in [0, 0.1) is 25.7 Å². The van der Waals surface area contributed by atoms with E-state index in [1.54, 1.807) is 0 Å². The average Bonchev–Trinajstić information content (AvgIpc) is 2.55. The zero-order valence-corrected chi connectivity index (χ0v) is 15.0. The number of aliphatic hydroxyl groups excluding tert-OH is 1. The summed E-state index contributed by atoms with van der Waals surface area (Å²) >= 11 is 0. The van der Waals surface area contributed by atoms with E-state index in [2.05, 4.69) is 6.07 Å². The highest BCUT2D eigenvalue weighted by Crippen LogP contribution is 2.39. The molecule has 0 spiro atoms. The minimum Gasteiger partial charge on any atom is -0.459 e. The molecule has 132 valence electrons. The van der Waals surface area contributed by atoms with Gasteiger partial charge in [-0.3, -0.25) is 0 Å². The Morgan fingerprint density at radius 2 is 1.38 bits per heavy atom. The van der Waals surface area contributed by atoms with E-state index in [1.807, 2.05) is 26.0 Å². The highest BCUT2D eigenvalue weighted by molar-refractivity contribution is 5.90. The summed E-state index contributed by atoms with van der Waals surface area (Å²) in [6, 6.07) is 5.89. The van der Waals surface area contributed by atoms with Gasteiger partial charge in [0.25, 0.3) is 0 Å². The molecule has 1 N–H and O–H groups in total. The Kier molecular flexibility index (Phi) is 5.60. The summed E-state index contributed by atoms with van der Waals surface area (Å²) in [4.78, 5) is 12.4. The maximum atomic E-state index is 12.4. The van der Waals surface area contributed by atoms with Crippen molar-refractivity contribution in [3.05, 3.63) is 34.9 Å². The molecule has 0 radical (unpaired) electrons. The van der Waals surface area contributed by atoms with Crippen LogP contribution in [0.25, 0.3) is 0 Å². The number of hydrogen-bond donors (Lipinski definition) is 1. The van der Waals surface area contributed by atoms with E-state index >= 15 is 0 Å². The second kappa shape index (κ2) is 7.69. The van der Waals surface area contributed by atoms with Gasteiger partial charge >= 0.3 is 5.97 Å². The molecule has 0 heterocycles. The zero-order chi connectivity index (χ0) is 17.1. The van der Waals surface area contributed by atoms with Crippen LogP contribution in [0.2, 0.25) is 0 Å². The van der Waals surface area contributed by atoms with Crippen LogP contribution < -0.4 is 0 Å². The predicted octanol–water partition coefficient (Wildman–Crippen LogP) is 4.57. The minimum atomic E-state index is -0.175. The molecule has 24 heavy (non-hydrogen) atoms. The molecular formula is C21H30O3. The molecule has 2 aliphatic rings. The molecule has 0 unspecified atom stereocenters. The van der Waals surface area contributed by atoms with Crippen molar-refractivity contribution in [1.82, 2.24) is 0 Å². The topological polar surface area (TPSA) is 46.5 Å². The quantitative estimate of drug-likeness (QED) is 0.826. The number of carbonyl (C=O) groups excluding carboxylic acids is 1. The largest absolute Gasteiger partial charge is 0.459 e. The fourth-order valence-corrected chi connectivity index (χ4v) is 4.56. The van der Waals surface area contributed by atoms with Crippen molar-refractivity contribution < 1.29 is 14.6 Å². The van der Waals surface area contributed by atoms with Crippen molar-refractivity contribution in [2.75, 3.05) is 0 Å². The lowest BCUT2D eigenvalue weighted by Gasteiger charge is -2.36. The van der Waals surface area contributed by atoms with Gasteiger partial charge in [0.2, 0.25) is 0 Å². The third-order valence-electron chi connectivity index (χ3n) is 5.86. The lowest BCUT2D eigenvalue weighted by molar-refractivity contribution is 0.00847. The highest BCUT2D eigenvalue weighted by Gasteiger charge is 2.31. The van der Waals surface area contributed by atoms with Crippen LogP contribution in [0.15, 0.2) is 18.2 Å². The SMILES string of the molecule is Cc1cc(C)cc(C(=O)OC2CCC(C3CCC(O)CC3)CC2)c1. The maximum Gasteiger partial charge on any atom is 0.338 e. The zero-order valence-electron chi connectivity index (χ0n) is 15.0. The van der Waals surface area contributed by atoms with Crippen molar-refractivity contribution in [3.8, 4) is 0 Å². The average molecular weight is 330 g/mol. The summed E-state index contributed by atoms with van der Waals surface area (Å²) in [6.07, 6.45) is 8.55. The van der Waals surface area contributed by atoms with E-state index in [0.717, 1.165) is 61.5 Å². The molecule has 0 atom stereocenters. The second-order valence-electron chi connectivity index (χ2n) is 7.89. The van der Waals surface area contributed by atoms with Crippen molar-refractivity contribution in [3.63, 3.8) is 0 Å². The Balaban J connectivity index is 1.49. The summed E-state index contributed by atoms with van der Waals surface area (Å²) < 4.78 is 5.76. The number of benzene rings is 1. The third kappa shape index (κ3) is 4.38. The maximum absolute atomic E-state index is 12.4. The van der Waals surface area contributed by atoms with Crippen LogP contribution >= 0.6 is 0 Å². The van der Waals surface area contributed by atoms with E-state index in [4.69, 9.17) is 4.74 Å². The van der Waals surface area contributed by atoms with Crippen molar-refractivity contribution in [2.45, 2.75) is 77.4 Å². The predicted molar refractivity (Wildman–Crippen MR) is 95.0 cm³/mol. The second-order valence-corrected chi connectivity index (χ2v) is 7.89. The van der Waals surface area contributed by atoms with Gasteiger partial charge in [-0.2, -0.15) is 0 Å². The van der Waals surface area contributed by atoms with Gasteiger partial charge < -0.3 is 9.84 Å². The number of hydrogen-bond acceptors (Lipinski definition) is 3. The first-order valence-electron chi connectivity index (χ1n) is 9.48. The highest BCUT2D eigenvalue weighted by atomic mass is 16.5. The van der Waals surface area contributed by atoms with Gasteiger partial charge in [-0.1, -0.05) is 17.2 Å². The lowest BCUT2D eigenvalue weighted by Crippen LogP contribution is -2.30. The Morgan fingerprint density at radius 1 is 0.875 bits per heavy atom. The Labute approximate surface area is 145 Å². The fourth-order valence-electron chi connectivity index (χ4n) is 4.56. The molecule has 3 heteroatoms. The Bertz CT molecular complexity index is 544. The number of aryl methyl sites for hydroxylation is 2. The number of carbonyl (C=O) groups is 1. The molecule has 0 aromatic heterocycles. The monoisotopic (exact) mass is 330 g/mol. The van der Waals surface area contributed by atoms with Crippen molar-refractivity contribution in [1.29, 1.82) is 0 Å². The molecule has 0 aliphatic heterocycles. The number of ether oxygens (including phenoxy) is 1. The number of rotatable bonds is 3. The van der Waals surface area contributed by atoms with Gasteiger partial charge in [0.05, 0.1) is 11.7 Å². The molecule has 0 amide bonds. The smallest absolute Gasteiger partial charge is 0.338 e. The fraction of sp³-hybridized carbons (Fsp3) is 0.667. The van der Waals surface area contributed by atoms with E-state index in [-0.39, 0.29) is 18.2 Å².